The van der Waals surface area contributed by atoms with Crippen molar-refractivity contribution in [3.05, 3.63) is 48.0 Å². The van der Waals surface area contributed by atoms with E-state index in [4.69, 9.17) is 5.73 Å². The lowest BCUT2D eigenvalue weighted by molar-refractivity contribution is -0.139. The third kappa shape index (κ3) is 3.83. The van der Waals surface area contributed by atoms with Gasteiger partial charge in [-0.15, -0.1) is 0 Å². The topological polar surface area (TPSA) is 92.4 Å². The first-order chi connectivity index (χ1) is 10.6. The summed E-state index contributed by atoms with van der Waals surface area (Å²) in [6, 6.07) is 12.1. The van der Waals surface area contributed by atoms with E-state index in [9.17, 15) is 14.7 Å². The molecule has 0 saturated carbocycles. The number of carboxylic acids is 1. The Morgan fingerprint density at radius 3 is 2.55 bits per heavy atom. The van der Waals surface area contributed by atoms with E-state index < -0.39 is 12.0 Å². The van der Waals surface area contributed by atoms with Gasteiger partial charge in [-0.3, -0.25) is 4.79 Å². The zero-order chi connectivity index (χ0) is 15.9. The summed E-state index contributed by atoms with van der Waals surface area (Å²) in [7, 11) is 0. The molecule has 1 amide bonds. The number of carbonyl (C=O) groups excluding carboxylic acids is 1. The summed E-state index contributed by atoms with van der Waals surface area (Å²) in [4.78, 5) is 23.7. The van der Waals surface area contributed by atoms with E-state index in [2.05, 4.69) is 5.32 Å². The van der Waals surface area contributed by atoms with Crippen LogP contribution in [0.25, 0.3) is 10.8 Å². The molecular weight excluding hydrogens is 280 g/mol. The number of nitrogens with two attached hydrogens (primary N) is 1. The summed E-state index contributed by atoms with van der Waals surface area (Å²) in [5, 5.41) is 13.6. The minimum Gasteiger partial charge on any atom is -0.480 e. The Morgan fingerprint density at radius 1 is 1.09 bits per heavy atom. The second-order valence-corrected chi connectivity index (χ2v) is 5.18. The van der Waals surface area contributed by atoms with E-state index in [-0.39, 0.29) is 5.91 Å². The molecule has 0 fully saturated rings. The average Bonchev–Trinajstić information content (AvgIpc) is 2.53. The maximum absolute atomic E-state index is 12.4. The van der Waals surface area contributed by atoms with Crippen LogP contribution in [0.4, 0.5) is 0 Å². The number of rotatable bonds is 7. The second kappa shape index (κ2) is 7.56. The van der Waals surface area contributed by atoms with Crippen LogP contribution in [0.1, 0.15) is 29.6 Å². The van der Waals surface area contributed by atoms with Crippen LogP contribution in [-0.2, 0) is 4.79 Å². The summed E-state index contributed by atoms with van der Waals surface area (Å²) in [5.74, 6) is -1.39. The zero-order valence-electron chi connectivity index (χ0n) is 12.3. The third-order valence-electron chi connectivity index (χ3n) is 3.58. The highest BCUT2D eigenvalue weighted by Crippen LogP contribution is 2.18. The SMILES string of the molecule is NCCCC[C@H](NC(=O)c1cccc2ccccc12)C(=O)O. The van der Waals surface area contributed by atoms with E-state index >= 15 is 0 Å². The number of hydrogen-bond acceptors (Lipinski definition) is 3. The van der Waals surface area contributed by atoms with Gasteiger partial charge in [0.1, 0.15) is 6.04 Å². The Morgan fingerprint density at radius 2 is 1.82 bits per heavy atom. The minimum atomic E-state index is -1.02. The first-order valence-electron chi connectivity index (χ1n) is 7.35. The van der Waals surface area contributed by atoms with Gasteiger partial charge in [-0.25, -0.2) is 4.79 Å². The van der Waals surface area contributed by atoms with E-state index in [1.54, 1.807) is 12.1 Å². The normalized spacial score (nSPS) is 12.0. The number of nitrogens with one attached hydrogen (secondary N) is 1. The number of unbranched alkanes of at least 4 members (excludes halogenated alkanes) is 1. The molecule has 4 N–H and O–H groups in total. The second-order valence-electron chi connectivity index (χ2n) is 5.18. The number of benzene rings is 2. The number of carboxylic acid groups (broad SMARTS) is 1. The van der Waals surface area contributed by atoms with Gasteiger partial charge in [0.05, 0.1) is 0 Å². The summed E-state index contributed by atoms with van der Waals surface area (Å²) < 4.78 is 0. The van der Waals surface area contributed by atoms with Crippen molar-refractivity contribution in [1.82, 2.24) is 5.32 Å². The van der Waals surface area contributed by atoms with Gasteiger partial charge in [0.25, 0.3) is 5.91 Å². The smallest absolute Gasteiger partial charge is 0.326 e. The van der Waals surface area contributed by atoms with Gasteiger partial charge in [-0.1, -0.05) is 36.4 Å². The molecule has 5 heteroatoms. The molecular formula is C17H20N2O3. The average molecular weight is 300 g/mol. The third-order valence-corrected chi connectivity index (χ3v) is 3.58. The first-order valence-corrected chi connectivity index (χ1v) is 7.35. The van der Waals surface area contributed by atoms with Crippen LogP contribution in [0.15, 0.2) is 42.5 Å². The van der Waals surface area contributed by atoms with Crippen molar-refractivity contribution in [2.24, 2.45) is 5.73 Å². The van der Waals surface area contributed by atoms with Crippen LogP contribution in [0, 0.1) is 0 Å². The Hall–Kier alpha value is -2.40. The predicted octanol–water partition coefficient (Wildman–Crippen LogP) is 2.15. The van der Waals surface area contributed by atoms with E-state index in [0.29, 0.717) is 24.9 Å². The molecule has 2 aromatic carbocycles. The van der Waals surface area contributed by atoms with Crippen molar-refractivity contribution >= 4 is 22.6 Å². The number of aliphatic carboxylic acids is 1. The lowest BCUT2D eigenvalue weighted by Gasteiger charge is -2.15. The zero-order valence-corrected chi connectivity index (χ0v) is 12.3. The van der Waals surface area contributed by atoms with Crippen molar-refractivity contribution in [2.45, 2.75) is 25.3 Å². The van der Waals surface area contributed by atoms with Gasteiger partial charge in [-0.2, -0.15) is 0 Å². The Bertz CT molecular complexity index is 665. The molecule has 1 atom stereocenters. The fraction of sp³-hybridized carbons (Fsp3) is 0.294. The van der Waals surface area contributed by atoms with Crippen molar-refractivity contribution in [1.29, 1.82) is 0 Å². The molecule has 0 spiro atoms. The molecule has 0 aliphatic heterocycles. The molecule has 0 radical (unpaired) electrons. The number of amides is 1. The van der Waals surface area contributed by atoms with E-state index in [0.717, 1.165) is 17.2 Å². The summed E-state index contributed by atoms with van der Waals surface area (Å²) >= 11 is 0. The molecule has 2 rings (SSSR count). The molecule has 0 heterocycles. The van der Waals surface area contributed by atoms with E-state index in [1.807, 2.05) is 30.3 Å². The maximum atomic E-state index is 12.4. The quantitative estimate of drug-likeness (QED) is 0.683. The van der Waals surface area contributed by atoms with Crippen molar-refractivity contribution in [3.8, 4) is 0 Å². The van der Waals surface area contributed by atoms with Crippen molar-refractivity contribution in [3.63, 3.8) is 0 Å². The molecule has 0 aliphatic rings. The monoisotopic (exact) mass is 300 g/mol. The largest absolute Gasteiger partial charge is 0.480 e. The van der Waals surface area contributed by atoms with Crippen LogP contribution in [0.3, 0.4) is 0 Å². The Kier molecular flexibility index (Phi) is 5.49. The molecule has 0 bridgehead atoms. The number of fused-ring (bicyclic) bond motifs is 1. The fourth-order valence-electron chi connectivity index (χ4n) is 2.41. The summed E-state index contributed by atoms with van der Waals surface area (Å²) in [6.07, 6.45) is 1.79. The molecule has 0 aromatic heterocycles. The van der Waals surface area contributed by atoms with Crippen LogP contribution < -0.4 is 11.1 Å². The number of hydrogen-bond donors (Lipinski definition) is 3. The van der Waals surface area contributed by atoms with Gasteiger partial charge in [0, 0.05) is 5.56 Å². The molecule has 0 unspecified atom stereocenters. The molecule has 2 aromatic rings. The molecule has 0 saturated heterocycles. The molecule has 5 nitrogen and oxygen atoms in total. The highest BCUT2D eigenvalue weighted by Gasteiger charge is 2.20. The minimum absolute atomic E-state index is 0.364. The van der Waals surface area contributed by atoms with Crippen LogP contribution in [0.2, 0.25) is 0 Å². The van der Waals surface area contributed by atoms with E-state index in [1.165, 1.54) is 0 Å². The standard InChI is InChI=1S/C17H20N2O3/c18-11-4-3-10-15(17(21)22)19-16(20)14-9-5-7-12-6-1-2-8-13(12)14/h1-2,5-9,15H,3-4,10-11,18H2,(H,19,20)(H,21,22)/t15-/m0/s1. The molecule has 116 valence electrons. The highest BCUT2D eigenvalue weighted by atomic mass is 16.4. The summed E-state index contributed by atoms with van der Waals surface area (Å²) in [5.41, 5.74) is 5.90. The van der Waals surface area contributed by atoms with Crippen molar-refractivity contribution < 1.29 is 14.7 Å². The molecule has 22 heavy (non-hydrogen) atoms. The van der Waals surface area contributed by atoms with Gasteiger partial charge < -0.3 is 16.2 Å². The Labute approximate surface area is 129 Å². The lowest BCUT2D eigenvalue weighted by Crippen LogP contribution is -2.40. The van der Waals surface area contributed by atoms with Crippen molar-refractivity contribution in [2.75, 3.05) is 6.54 Å². The lowest BCUT2D eigenvalue weighted by atomic mass is 10.0. The van der Waals surface area contributed by atoms with Crippen LogP contribution >= 0.6 is 0 Å². The fourth-order valence-corrected chi connectivity index (χ4v) is 2.41. The van der Waals surface area contributed by atoms with Crippen LogP contribution in [-0.4, -0.2) is 29.6 Å². The summed E-state index contributed by atoms with van der Waals surface area (Å²) in [6.45, 7) is 0.517. The Balaban J connectivity index is 2.16. The van der Waals surface area contributed by atoms with Gasteiger partial charge in [-0.05, 0) is 42.6 Å². The van der Waals surface area contributed by atoms with Crippen LogP contribution in [0.5, 0.6) is 0 Å². The number of carbonyl (C=O) groups is 2. The van der Waals surface area contributed by atoms with Gasteiger partial charge in [0.15, 0.2) is 0 Å². The first kappa shape index (κ1) is 16.0. The predicted molar refractivity (Wildman–Crippen MR) is 85.7 cm³/mol. The van der Waals surface area contributed by atoms with Gasteiger partial charge in [0.2, 0.25) is 0 Å². The maximum Gasteiger partial charge on any atom is 0.326 e. The highest BCUT2D eigenvalue weighted by molar-refractivity contribution is 6.07. The van der Waals surface area contributed by atoms with Gasteiger partial charge >= 0.3 is 5.97 Å². The molecule has 0 aliphatic carbocycles.